The van der Waals surface area contributed by atoms with Gasteiger partial charge in [0.2, 0.25) is 10.0 Å². The molecule has 0 spiro atoms. The molecule has 0 unspecified atom stereocenters. The molecule has 0 aliphatic heterocycles. The lowest BCUT2D eigenvalue weighted by atomic mass is 9.86. The molecule has 0 aromatic carbocycles. The van der Waals surface area contributed by atoms with Crippen LogP contribution in [-0.4, -0.2) is 48.3 Å². The molecule has 0 saturated heterocycles. The average molecular weight is 363 g/mol. The van der Waals surface area contributed by atoms with Crippen molar-refractivity contribution in [1.29, 1.82) is 0 Å². The number of anilines is 1. The standard InChI is InChI=1S/C17H25N5O2S/c1-22(17-15-8-9-18-16(15)19-11-20-17)14-6-2-12(3-7-14)10-25(23,24)21-13-4-5-13/h8-9,11-14,21H,2-7,10H2,1H3,(H,18,19,20). The monoisotopic (exact) mass is 363 g/mol. The highest BCUT2D eigenvalue weighted by Crippen LogP contribution is 2.32. The highest BCUT2D eigenvalue weighted by atomic mass is 32.2. The molecule has 2 aromatic heterocycles. The van der Waals surface area contributed by atoms with Gasteiger partial charge in [0.15, 0.2) is 0 Å². The van der Waals surface area contributed by atoms with Gasteiger partial charge in [0.1, 0.15) is 17.8 Å². The van der Waals surface area contributed by atoms with Crippen LogP contribution in [0.25, 0.3) is 11.0 Å². The van der Waals surface area contributed by atoms with Gasteiger partial charge in [0.25, 0.3) is 0 Å². The van der Waals surface area contributed by atoms with Gasteiger partial charge in [-0.2, -0.15) is 0 Å². The number of fused-ring (bicyclic) bond motifs is 1. The van der Waals surface area contributed by atoms with Crippen molar-refractivity contribution in [3.63, 3.8) is 0 Å². The van der Waals surface area contributed by atoms with Crippen molar-refractivity contribution in [3.05, 3.63) is 18.6 Å². The fraction of sp³-hybridized carbons (Fsp3) is 0.647. The molecule has 0 atom stereocenters. The van der Waals surface area contributed by atoms with Crippen LogP contribution in [0.2, 0.25) is 0 Å². The van der Waals surface area contributed by atoms with Crippen LogP contribution in [0.3, 0.4) is 0 Å². The molecule has 2 fully saturated rings. The number of nitrogens with one attached hydrogen (secondary N) is 2. The molecule has 2 N–H and O–H groups in total. The minimum atomic E-state index is -3.12. The minimum Gasteiger partial charge on any atom is -0.356 e. The minimum absolute atomic E-state index is 0.203. The van der Waals surface area contributed by atoms with Crippen LogP contribution in [0.1, 0.15) is 38.5 Å². The maximum absolute atomic E-state index is 12.2. The Hall–Kier alpha value is -1.67. The molecule has 2 aliphatic carbocycles. The second kappa shape index (κ2) is 6.57. The van der Waals surface area contributed by atoms with E-state index in [1.54, 1.807) is 6.33 Å². The molecule has 7 nitrogen and oxygen atoms in total. The molecule has 0 amide bonds. The normalized spacial score (nSPS) is 24.5. The number of hydrogen-bond acceptors (Lipinski definition) is 5. The molecule has 25 heavy (non-hydrogen) atoms. The topological polar surface area (TPSA) is 91.0 Å². The van der Waals surface area contributed by atoms with Gasteiger partial charge in [-0.25, -0.2) is 23.1 Å². The van der Waals surface area contributed by atoms with Crippen molar-refractivity contribution in [2.75, 3.05) is 17.7 Å². The third-order valence-electron chi connectivity index (χ3n) is 5.41. The first-order chi connectivity index (χ1) is 12.0. The van der Waals surface area contributed by atoms with Crippen molar-refractivity contribution in [3.8, 4) is 0 Å². The summed E-state index contributed by atoms with van der Waals surface area (Å²) >= 11 is 0. The molecule has 136 valence electrons. The van der Waals surface area contributed by atoms with Crippen LogP contribution in [0.4, 0.5) is 5.82 Å². The molecule has 2 heterocycles. The van der Waals surface area contributed by atoms with Gasteiger partial charge >= 0.3 is 0 Å². The van der Waals surface area contributed by atoms with Gasteiger partial charge < -0.3 is 9.88 Å². The summed E-state index contributed by atoms with van der Waals surface area (Å²) in [5.41, 5.74) is 0.850. The third-order valence-corrected chi connectivity index (χ3v) is 7.01. The molecule has 0 radical (unpaired) electrons. The van der Waals surface area contributed by atoms with E-state index in [4.69, 9.17) is 0 Å². The maximum Gasteiger partial charge on any atom is 0.212 e. The number of sulfonamides is 1. The number of H-pyrrole nitrogens is 1. The third kappa shape index (κ3) is 3.79. The molecule has 4 rings (SSSR count). The van der Waals surface area contributed by atoms with Gasteiger partial charge in [0, 0.05) is 25.3 Å². The van der Waals surface area contributed by atoms with Crippen LogP contribution >= 0.6 is 0 Å². The zero-order valence-corrected chi connectivity index (χ0v) is 15.3. The van der Waals surface area contributed by atoms with Crippen LogP contribution in [0.15, 0.2) is 18.6 Å². The van der Waals surface area contributed by atoms with E-state index in [2.05, 4.69) is 31.6 Å². The van der Waals surface area contributed by atoms with Gasteiger partial charge in [-0.05, 0) is 50.5 Å². The first-order valence-electron chi connectivity index (χ1n) is 9.03. The van der Waals surface area contributed by atoms with Gasteiger partial charge in [-0.15, -0.1) is 0 Å². The van der Waals surface area contributed by atoms with E-state index in [1.165, 1.54) is 0 Å². The van der Waals surface area contributed by atoms with E-state index in [9.17, 15) is 8.42 Å². The van der Waals surface area contributed by atoms with Crippen molar-refractivity contribution < 1.29 is 8.42 Å². The lowest BCUT2D eigenvalue weighted by Crippen LogP contribution is -2.38. The van der Waals surface area contributed by atoms with Gasteiger partial charge in [-0.3, -0.25) is 0 Å². The number of hydrogen-bond donors (Lipinski definition) is 2. The molecule has 2 aliphatic rings. The van der Waals surface area contributed by atoms with E-state index in [1.807, 2.05) is 12.3 Å². The maximum atomic E-state index is 12.2. The highest BCUT2D eigenvalue weighted by Gasteiger charge is 2.31. The number of aromatic amines is 1. The predicted molar refractivity (Wildman–Crippen MR) is 98.0 cm³/mol. The lowest BCUT2D eigenvalue weighted by molar-refractivity contribution is 0.340. The molecule has 8 heteroatoms. The van der Waals surface area contributed by atoms with Crippen LogP contribution in [0.5, 0.6) is 0 Å². The summed E-state index contributed by atoms with van der Waals surface area (Å²) in [6.07, 6.45) is 9.33. The van der Waals surface area contributed by atoms with Crippen molar-refractivity contribution in [1.82, 2.24) is 19.7 Å². The second-order valence-corrected chi connectivity index (χ2v) is 9.19. The van der Waals surface area contributed by atoms with E-state index in [-0.39, 0.29) is 17.7 Å². The number of rotatable bonds is 6. The summed E-state index contributed by atoms with van der Waals surface area (Å²) in [6, 6.07) is 2.60. The summed E-state index contributed by atoms with van der Waals surface area (Å²) in [6.45, 7) is 0. The van der Waals surface area contributed by atoms with Crippen LogP contribution in [-0.2, 0) is 10.0 Å². The Labute approximate surface area is 148 Å². The van der Waals surface area contributed by atoms with Crippen molar-refractivity contribution in [2.24, 2.45) is 5.92 Å². The average Bonchev–Trinajstić information content (AvgIpc) is 3.25. The van der Waals surface area contributed by atoms with Crippen molar-refractivity contribution >= 4 is 26.9 Å². The Morgan fingerprint density at radius 3 is 2.68 bits per heavy atom. The first kappa shape index (κ1) is 16.8. The number of nitrogens with zero attached hydrogens (tertiary/aromatic N) is 3. The summed E-state index contributed by atoms with van der Waals surface area (Å²) in [4.78, 5) is 14.1. The Bertz CT molecular complexity index is 838. The molecular formula is C17H25N5O2S. The summed E-state index contributed by atoms with van der Waals surface area (Å²) in [5.74, 6) is 1.48. The molecule has 2 aromatic rings. The van der Waals surface area contributed by atoms with E-state index < -0.39 is 10.0 Å². The smallest absolute Gasteiger partial charge is 0.212 e. The molecule has 2 saturated carbocycles. The quantitative estimate of drug-likeness (QED) is 0.819. The lowest BCUT2D eigenvalue weighted by Gasteiger charge is -2.35. The predicted octanol–water partition coefficient (Wildman–Crippen LogP) is 2.03. The molecular weight excluding hydrogens is 338 g/mol. The van der Waals surface area contributed by atoms with E-state index in [0.717, 1.165) is 55.4 Å². The Morgan fingerprint density at radius 2 is 1.96 bits per heavy atom. The Kier molecular flexibility index (Phi) is 4.41. The highest BCUT2D eigenvalue weighted by molar-refractivity contribution is 7.89. The van der Waals surface area contributed by atoms with E-state index in [0.29, 0.717) is 6.04 Å². The van der Waals surface area contributed by atoms with Gasteiger partial charge in [-0.1, -0.05) is 0 Å². The Balaban J connectivity index is 1.37. The molecule has 0 bridgehead atoms. The fourth-order valence-electron chi connectivity index (χ4n) is 3.83. The summed E-state index contributed by atoms with van der Waals surface area (Å²) in [7, 11) is -1.04. The van der Waals surface area contributed by atoms with Gasteiger partial charge in [0.05, 0.1) is 11.1 Å². The zero-order chi connectivity index (χ0) is 17.4. The summed E-state index contributed by atoms with van der Waals surface area (Å²) in [5, 5.41) is 1.03. The zero-order valence-electron chi connectivity index (χ0n) is 14.5. The second-order valence-electron chi connectivity index (χ2n) is 7.40. The largest absolute Gasteiger partial charge is 0.356 e. The SMILES string of the molecule is CN(c1ncnc2[nH]ccc12)C1CCC(CS(=O)(=O)NC2CC2)CC1. The number of aromatic nitrogens is 3. The fourth-order valence-corrected chi connectivity index (χ4v) is 5.62. The van der Waals surface area contributed by atoms with E-state index >= 15 is 0 Å². The Morgan fingerprint density at radius 1 is 1.20 bits per heavy atom. The first-order valence-corrected chi connectivity index (χ1v) is 10.7. The van der Waals surface area contributed by atoms with Crippen LogP contribution < -0.4 is 9.62 Å². The van der Waals surface area contributed by atoms with Crippen molar-refractivity contribution in [2.45, 2.75) is 50.6 Å². The van der Waals surface area contributed by atoms with Crippen LogP contribution in [0, 0.1) is 5.92 Å². The summed E-state index contributed by atoms with van der Waals surface area (Å²) < 4.78 is 27.1.